The molecule has 0 aliphatic heterocycles. The van der Waals surface area contributed by atoms with Crippen molar-refractivity contribution >= 4 is 5.97 Å². The fourth-order valence-corrected chi connectivity index (χ4v) is 2.77. The van der Waals surface area contributed by atoms with E-state index in [-0.39, 0.29) is 6.42 Å². The third kappa shape index (κ3) is 2.91. The number of carboxylic acid groups (broad SMARTS) is 1. The molecule has 0 atom stereocenters. The van der Waals surface area contributed by atoms with E-state index in [9.17, 15) is 23.1 Å². The fraction of sp³-hybridized carbons (Fsp3) is 0.500. The van der Waals surface area contributed by atoms with Crippen LogP contribution in [0.15, 0.2) is 24.3 Å². The van der Waals surface area contributed by atoms with E-state index in [0.29, 0.717) is 18.4 Å². The highest BCUT2D eigenvalue weighted by molar-refractivity contribution is 5.75. The molecule has 1 aliphatic rings. The second-order valence-corrected chi connectivity index (χ2v) is 5.17. The molecule has 0 unspecified atom stereocenters. The second kappa shape index (κ2) is 4.87. The molecule has 19 heavy (non-hydrogen) atoms. The zero-order chi connectivity index (χ0) is 14.1. The number of carboxylic acids is 1. The van der Waals surface area contributed by atoms with Crippen molar-refractivity contribution in [2.75, 3.05) is 0 Å². The molecule has 5 heteroatoms. The summed E-state index contributed by atoms with van der Waals surface area (Å²) in [5.41, 5.74) is -1.16. The van der Waals surface area contributed by atoms with Crippen LogP contribution in [0, 0.1) is 5.41 Å². The zero-order valence-electron chi connectivity index (χ0n) is 10.3. The van der Waals surface area contributed by atoms with E-state index in [1.807, 2.05) is 0 Å². The van der Waals surface area contributed by atoms with Crippen LogP contribution in [0.1, 0.15) is 36.8 Å². The Labute approximate surface area is 109 Å². The van der Waals surface area contributed by atoms with Gasteiger partial charge in [0, 0.05) is 0 Å². The Bertz CT molecular complexity index is 474. The Morgan fingerprint density at radius 1 is 1.26 bits per heavy atom. The molecule has 0 amide bonds. The Morgan fingerprint density at radius 3 is 2.42 bits per heavy atom. The Kier molecular flexibility index (Phi) is 3.56. The lowest BCUT2D eigenvalue weighted by Crippen LogP contribution is -2.30. The first-order chi connectivity index (χ1) is 8.83. The Hall–Kier alpha value is -1.52. The molecule has 0 bridgehead atoms. The van der Waals surface area contributed by atoms with Crippen molar-refractivity contribution in [3.63, 3.8) is 0 Å². The van der Waals surface area contributed by atoms with Gasteiger partial charge in [-0.25, -0.2) is 0 Å². The third-order valence-corrected chi connectivity index (χ3v) is 3.81. The number of halogens is 3. The van der Waals surface area contributed by atoms with Gasteiger partial charge in [0.05, 0.1) is 11.0 Å². The normalized spacial score (nSPS) is 18.5. The third-order valence-electron chi connectivity index (χ3n) is 3.81. The van der Waals surface area contributed by atoms with E-state index in [1.54, 1.807) is 6.07 Å². The largest absolute Gasteiger partial charge is 0.481 e. The maximum absolute atomic E-state index is 12.6. The van der Waals surface area contributed by atoms with Crippen molar-refractivity contribution in [3.05, 3.63) is 35.4 Å². The summed E-state index contributed by atoms with van der Waals surface area (Å²) in [5, 5.41) is 9.33. The van der Waals surface area contributed by atoms with Crippen molar-refractivity contribution in [1.82, 2.24) is 0 Å². The summed E-state index contributed by atoms with van der Waals surface area (Å²) in [7, 11) is 0. The molecule has 1 fully saturated rings. The number of benzene rings is 1. The molecule has 0 spiro atoms. The lowest BCUT2D eigenvalue weighted by atomic mass is 9.80. The quantitative estimate of drug-likeness (QED) is 0.906. The number of hydrogen-bond donors (Lipinski definition) is 1. The van der Waals surface area contributed by atoms with E-state index in [2.05, 4.69) is 0 Å². The van der Waals surface area contributed by atoms with Crippen molar-refractivity contribution in [2.45, 2.75) is 38.3 Å². The van der Waals surface area contributed by atoms with Gasteiger partial charge in [-0.05, 0) is 30.9 Å². The van der Waals surface area contributed by atoms with Gasteiger partial charge < -0.3 is 5.11 Å². The number of aliphatic carboxylic acids is 1. The molecule has 1 aromatic carbocycles. The number of rotatable bonds is 3. The molecule has 0 aromatic heterocycles. The topological polar surface area (TPSA) is 37.3 Å². The minimum absolute atomic E-state index is 0.173. The predicted molar refractivity (Wildman–Crippen MR) is 63.7 cm³/mol. The first-order valence-electron chi connectivity index (χ1n) is 6.23. The van der Waals surface area contributed by atoms with Crippen molar-refractivity contribution in [1.29, 1.82) is 0 Å². The van der Waals surface area contributed by atoms with E-state index in [1.165, 1.54) is 6.07 Å². The fourth-order valence-electron chi connectivity index (χ4n) is 2.77. The summed E-state index contributed by atoms with van der Waals surface area (Å²) in [6.45, 7) is 0. The Morgan fingerprint density at radius 2 is 1.89 bits per heavy atom. The van der Waals surface area contributed by atoms with Gasteiger partial charge in [0.2, 0.25) is 0 Å². The highest BCUT2D eigenvalue weighted by Crippen LogP contribution is 2.41. The minimum Gasteiger partial charge on any atom is -0.481 e. The van der Waals surface area contributed by atoms with Crippen LogP contribution in [0.5, 0.6) is 0 Å². The van der Waals surface area contributed by atoms with Gasteiger partial charge in [-0.1, -0.05) is 31.0 Å². The average molecular weight is 272 g/mol. The maximum atomic E-state index is 12.6. The van der Waals surface area contributed by atoms with Crippen LogP contribution in [-0.2, 0) is 17.4 Å². The van der Waals surface area contributed by atoms with Gasteiger partial charge in [-0.2, -0.15) is 13.2 Å². The smallest absolute Gasteiger partial charge is 0.416 e. The summed E-state index contributed by atoms with van der Waals surface area (Å²) in [6.07, 6.45) is -1.48. The van der Waals surface area contributed by atoms with Gasteiger partial charge in [0.25, 0.3) is 0 Å². The molecule has 0 radical (unpaired) electrons. The summed E-state index contributed by atoms with van der Waals surface area (Å²) in [4.78, 5) is 11.4. The minimum atomic E-state index is -4.39. The van der Waals surface area contributed by atoms with E-state index in [0.717, 1.165) is 25.0 Å². The lowest BCUT2D eigenvalue weighted by Gasteiger charge is -2.24. The van der Waals surface area contributed by atoms with Crippen LogP contribution < -0.4 is 0 Å². The van der Waals surface area contributed by atoms with Crippen LogP contribution in [0.2, 0.25) is 0 Å². The van der Waals surface area contributed by atoms with E-state index < -0.39 is 23.1 Å². The molecule has 2 rings (SSSR count). The van der Waals surface area contributed by atoms with Gasteiger partial charge in [-0.15, -0.1) is 0 Å². The molecule has 1 N–H and O–H groups in total. The van der Waals surface area contributed by atoms with Crippen molar-refractivity contribution < 1.29 is 23.1 Å². The Balaban J connectivity index is 2.25. The molecule has 2 nitrogen and oxygen atoms in total. The molecular weight excluding hydrogens is 257 g/mol. The standard InChI is InChI=1S/C14H15F3O2/c15-14(16,17)11-5-3-4-10(8-11)9-13(12(18)19)6-1-2-7-13/h3-5,8H,1-2,6-7,9H2,(H,18,19). The van der Waals surface area contributed by atoms with Crippen LogP contribution in [0.25, 0.3) is 0 Å². The molecule has 0 saturated heterocycles. The monoisotopic (exact) mass is 272 g/mol. The van der Waals surface area contributed by atoms with Crippen LogP contribution in [0.3, 0.4) is 0 Å². The van der Waals surface area contributed by atoms with Gasteiger partial charge >= 0.3 is 12.1 Å². The van der Waals surface area contributed by atoms with Crippen LogP contribution >= 0.6 is 0 Å². The average Bonchev–Trinajstić information content (AvgIpc) is 2.78. The SMILES string of the molecule is O=C(O)C1(Cc2cccc(C(F)(F)F)c2)CCCC1. The molecule has 1 saturated carbocycles. The predicted octanol–water partition coefficient (Wildman–Crippen LogP) is 3.89. The van der Waals surface area contributed by atoms with Gasteiger partial charge in [0.1, 0.15) is 0 Å². The number of alkyl halides is 3. The lowest BCUT2D eigenvalue weighted by molar-refractivity contribution is -0.148. The molecule has 104 valence electrons. The van der Waals surface area contributed by atoms with E-state index in [4.69, 9.17) is 0 Å². The first kappa shape index (κ1) is 13.9. The van der Waals surface area contributed by atoms with Gasteiger partial charge in [0.15, 0.2) is 0 Å². The molecule has 0 heterocycles. The summed E-state index contributed by atoms with van der Waals surface area (Å²) in [5.74, 6) is -0.901. The van der Waals surface area contributed by atoms with Gasteiger partial charge in [-0.3, -0.25) is 4.79 Å². The zero-order valence-corrected chi connectivity index (χ0v) is 10.3. The number of hydrogen-bond acceptors (Lipinski definition) is 1. The highest BCUT2D eigenvalue weighted by Gasteiger charge is 2.41. The second-order valence-electron chi connectivity index (χ2n) is 5.17. The first-order valence-corrected chi connectivity index (χ1v) is 6.23. The van der Waals surface area contributed by atoms with E-state index >= 15 is 0 Å². The highest BCUT2D eigenvalue weighted by atomic mass is 19.4. The maximum Gasteiger partial charge on any atom is 0.416 e. The summed E-state index contributed by atoms with van der Waals surface area (Å²) >= 11 is 0. The summed E-state index contributed by atoms with van der Waals surface area (Å²) in [6, 6.07) is 4.97. The van der Waals surface area contributed by atoms with Crippen LogP contribution in [0.4, 0.5) is 13.2 Å². The molecular formula is C14H15F3O2. The van der Waals surface area contributed by atoms with Crippen LogP contribution in [-0.4, -0.2) is 11.1 Å². The molecule has 1 aliphatic carbocycles. The van der Waals surface area contributed by atoms with Crippen molar-refractivity contribution in [3.8, 4) is 0 Å². The number of carbonyl (C=O) groups is 1. The molecule has 1 aromatic rings. The van der Waals surface area contributed by atoms with Crippen molar-refractivity contribution in [2.24, 2.45) is 5.41 Å². The summed E-state index contributed by atoms with van der Waals surface area (Å²) < 4.78 is 37.9.